The minimum absolute atomic E-state index is 0.0783. The summed E-state index contributed by atoms with van der Waals surface area (Å²) < 4.78 is 5.22. The molecule has 0 unspecified atom stereocenters. The maximum atomic E-state index is 12.7. The summed E-state index contributed by atoms with van der Waals surface area (Å²) in [6, 6.07) is 10.8. The molecular weight excluding hydrogens is 433 g/mol. The lowest BCUT2D eigenvalue weighted by atomic mass is 10.1. The van der Waals surface area contributed by atoms with Crippen molar-refractivity contribution >= 4 is 51.5 Å². The average Bonchev–Trinajstić information content (AvgIpc) is 3.16. The van der Waals surface area contributed by atoms with Gasteiger partial charge in [-0.3, -0.25) is 14.9 Å². The number of aromatic nitrogens is 1. The zero-order chi connectivity index (χ0) is 21.0. The average molecular weight is 450 g/mol. The molecule has 150 valence electrons. The molecule has 3 rings (SSSR count). The summed E-state index contributed by atoms with van der Waals surface area (Å²) >= 11 is 13.5. The molecule has 1 heterocycles. The first-order valence-electron chi connectivity index (χ1n) is 8.51. The molecule has 6 nitrogen and oxygen atoms in total. The molecule has 3 aromatic rings. The van der Waals surface area contributed by atoms with Gasteiger partial charge in [0, 0.05) is 24.4 Å². The molecule has 2 N–H and O–H groups in total. The van der Waals surface area contributed by atoms with E-state index in [0.717, 1.165) is 16.8 Å². The predicted molar refractivity (Wildman–Crippen MR) is 116 cm³/mol. The van der Waals surface area contributed by atoms with Gasteiger partial charge in [0.15, 0.2) is 10.9 Å². The molecule has 9 heteroatoms. The Morgan fingerprint density at radius 2 is 1.79 bits per heavy atom. The molecule has 0 saturated carbocycles. The maximum absolute atomic E-state index is 12.7. The molecule has 0 aliphatic carbocycles. The highest BCUT2D eigenvalue weighted by molar-refractivity contribution is 7.14. The molecule has 0 fully saturated rings. The summed E-state index contributed by atoms with van der Waals surface area (Å²) in [5, 5.41) is 8.27. The van der Waals surface area contributed by atoms with Crippen molar-refractivity contribution in [1.29, 1.82) is 0 Å². The van der Waals surface area contributed by atoms with E-state index in [-0.39, 0.29) is 22.2 Å². The Morgan fingerprint density at radius 3 is 2.45 bits per heavy atom. The largest absolute Gasteiger partial charge is 0.494 e. The van der Waals surface area contributed by atoms with E-state index in [1.807, 2.05) is 29.6 Å². The second-order valence-electron chi connectivity index (χ2n) is 6.04. The number of nitrogens with zero attached hydrogens (tertiary/aromatic N) is 1. The van der Waals surface area contributed by atoms with E-state index < -0.39 is 5.91 Å². The fourth-order valence-electron chi connectivity index (χ4n) is 2.59. The third kappa shape index (κ3) is 5.06. The molecule has 0 saturated heterocycles. The van der Waals surface area contributed by atoms with Crippen LogP contribution in [0, 0.1) is 0 Å². The Labute approximate surface area is 181 Å². The van der Waals surface area contributed by atoms with E-state index >= 15 is 0 Å². The van der Waals surface area contributed by atoms with E-state index in [1.165, 1.54) is 31.4 Å². The van der Waals surface area contributed by atoms with Crippen molar-refractivity contribution in [2.75, 3.05) is 12.4 Å². The molecule has 0 aliphatic rings. The molecule has 2 aromatic carbocycles. The van der Waals surface area contributed by atoms with E-state index in [1.54, 1.807) is 6.07 Å². The third-order valence-corrected chi connectivity index (χ3v) is 5.38. The molecule has 0 radical (unpaired) electrons. The number of carbonyl (C=O) groups is 2. The number of hydrogen-bond donors (Lipinski definition) is 2. The third-order valence-electron chi connectivity index (χ3n) is 4.01. The Morgan fingerprint density at radius 1 is 1.10 bits per heavy atom. The van der Waals surface area contributed by atoms with Gasteiger partial charge >= 0.3 is 0 Å². The minimum atomic E-state index is -0.457. The van der Waals surface area contributed by atoms with Gasteiger partial charge in [0.25, 0.3) is 5.91 Å². The normalized spacial score (nSPS) is 10.5. The summed E-state index contributed by atoms with van der Waals surface area (Å²) in [5.74, 6) is -0.325. The summed E-state index contributed by atoms with van der Waals surface area (Å²) in [6.07, 6.45) is 0. The first kappa shape index (κ1) is 21.1. The highest BCUT2D eigenvalue weighted by Crippen LogP contribution is 2.35. The number of methoxy groups -OCH3 is 1. The zero-order valence-corrected chi connectivity index (χ0v) is 17.9. The van der Waals surface area contributed by atoms with Gasteiger partial charge in [-0.15, -0.1) is 11.3 Å². The zero-order valence-electron chi connectivity index (χ0n) is 15.6. The minimum Gasteiger partial charge on any atom is -0.494 e. The van der Waals surface area contributed by atoms with Gasteiger partial charge in [-0.2, -0.15) is 0 Å². The lowest BCUT2D eigenvalue weighted by Gasteiger charge is -2.11. The topological polar surface area (TPSA) is 80.3 Å². The van der Waals surface area contributed by atoms with Gasteiger partial charge in [0.2, 0.25) is 5.91 Å². The van der Waals surface area contributed by atoms with Crippen LogP contribution in [0.1, 0.15) is 22.8 Å². The van der Waals surface area contributed by atoms with Crippen LogP contribution in [0.5, 0.6) is 5.75 Å². The quantitative estimate of drug-likeness (QED) is 0.553. The first-order chi connectivity index (χ1) is 13.9. The summed E-state index contributed by atoms with van der Waals surface area (Å²) in [6.45, 7) is 1.95. The molecule has 0 atom stereocenters. The van der Waals surface area contributed by atoms with Gasteiger partial charge < -0.3 is 10.1 Å². The second kappa shape index (κ2) is 9.26. The lowest BCUT2D eigenvalue weighted by Crippen LogP contribution is -2.18. The molecule has 1 aromatic heterocycles. The van der Waals surface area contributed by atoms with Crippen LogP contribution in [0.2, 0.25) is 10.0 Å². The van der Waals surface area contributed by atoms with Crippen LogP contribution in [0.15, 0.2) is 41.8 Å². The fourth-order valence-corrected chi connectivity index (χ4v) is 3.77. The number of ether oxygens (including phenoxy) is 1. The summed E-state index contributed by atoms with van der Waals surface area (Å²) in [7, 11) is 1.42. The van der Waals surface area contributed by atoms with Crippen LogP contribution in [-0.4, -0.2) is 23.9 Å². The van der Waals surface area contributed by atoms with Gasteiger partial charge in [-0.25, -0.2) is 4.98 Å². The Kier molecular flexibility index (Phi) is 6.74. The lowest BCUT2D eigenvalue weighted by molar-refractivity contribution is -0.119. The van der Waals surface area contributed by atoms with Gasteiger partial charge in [-0.05, 0) is 17.7 Å². The second-order valence-corrected chi connectivity index (χ2v) is 7.71. The molecule has 0 spiro atoms. The van der Waals surface area contributed by atoms with Crippen LogP contribution in [0.25, 0.3) is 11.3 Å². The number of nitrogens with one attached hydrogen (secondary N) is 2. The monoisotopic (exact) mass is 449 g/mol. The fraction of sp³-hybridized carbons (Fsp3) is 0.150. The maximum Gasteiger partial charge on any atom is 0.262 e. The van der Waals surface area contributed by atoms with Gasteiger partial charge in [0.1, 0.15) is 5.56 Å². The number of benzene rings is 2. The molecule has 0 aliphatic heterocycles. The number of anilines is 1. The molecule has 29 heavy (non-hydrogen) atoms. The van der Waals surface area contributed by atoms with E-state index in [0.29, 0.717) is 16.7 Å². The molecule has 0 bridgehead atoms. The number of carbonyl (C=O) groups excluding carboxylic acids is 2. The molecular formula is C20H17Cl2N3O3S. The standard InChI is InChI=1S/C20H17Cl2N3O3S/c1-11(26)23-9-12-3-5-13(6-4-12)16-10-29-20(24-16)25-19(27)17-14(21)7-8-15(22)18(17)28-2/h3-8,10H,9H2,1-2H3,(H,23,26)(H,24,25,27). The SMILES string of the molecule is COc1c(Cl)ccc(Cl)c1C(=O)Nc1nc(-c2ccc(CNC(C)=O)cc2)cs1. The van der Waals surface area contributed by atoms with Crippen molar-refractivity contribution < 1.29 is 14.3 Å². The Balaban J connectivity index is 1.75. The Hall–Kier alpha value is -2.61. The van der Waals surface area contributed by atoms with Crippen molar-refractivity contribution in [3.8, 4) is 17.0 Å². The van der Waals surface area contributed by atoms with E-state index in [2.05, 4.69) is 15.6 Å². The number of halogens is 2. The van der Waals surface area contributed by atoms with Crippen LogP contribution < -0.4 is 15.4 Å². The molecule has 2 amide bonds. The van der Waals surface area contributed by atoms with Gasteiger partial charge in [0.05, 0.1) is 22.8 Å². The highest BCUT2D eigenvalue weighted by Gasteiger charge is 2.20. The summed E-state index contributed by atoms with van der Waals surface area (Å²) in [5.41, 5.74) is 2.75. The van der Waals surface area contributed by atoms with Crippen LogP contribution in [-0.2, 0) is 11.3 Å². The number of rotatable bonds is 6. The van der Waals surface area contributed by atoms with Gasteiger partial charge in [-0.1, -0.05) is 47.5 Å². The highest BCUT2D eigenvalue weighted by atomic mass is 35.5. The van der Waals surface area contributed by atoms with Crippen molar-refractivity contribution in [1.82, 2.24) is 10.3 Å². The van der Waals surface area contributed by atoms with Crippen LogP contribution in [0.4, 0.5) is 5.13 Å². The number of hydrogen-bond acceptors (Lipinski definition) is 5. The van der Waals surface area contributed by atoms with Crippen molar-refractivity contribution in [2.45, 2.75) is 13.5 Å². The van der Waals surface area contributed by atoms with Crippen LogP contribution >= 0.6 is 34.5 Å². The predicted octanol–water partition coefficient (Wildman–Crippen LogP) is 5.01. The van der Waals surface area contributed by atoms with Crippen LogP contribution in [0.3, 0.4) is 0 Å². The first-order valence-corrected chi connectivity index (χ1v) is 10.1. The van der Waals surface area contributed by atoms with Crippen molar-refractivity contribution in [3.63, 3.8) is 0 Å². The smallest absolute Gasteiger partial charge is 0.262 e. The number of thiazole rings is 1. The van der Waals surface area contributed by atoms with Crippen molar-refractivity contribution in [2.24, 2.45) is 0 Å². The Bertz CT molecular complexity index is 1050. The van der Waals surface area contributed by atoms with E-state index in [4.69, 9.17) is 27.9 Å². The summed E-state index contributed by atoms with van der Waals surface area (Å²) in [4.78, 5) is 28.1. The van der Waals surface area contributed by atoms with Crippen molar-refractivity contribution in [3.05, 3.63) is 63.0 Å². The van der Waals surface area contributed by atoms with E-state index in [9.17, 15) is 9.59 Å². The number of amides is 2.